The summed E-state index contributed by atoms with van der Waals surface area (Å²) in [5, 5.41) is 5.02. The molecule has 0 spiro atoms. The average Bonchev–Trinajstić information content (AvgIpc) is 3.82. The van der Waals surface area contributed by atoms with Crippen LogP contribution in [0.25, 0.3) is 88.4 Å². The summed E-state index contributed by atoms with van der Waals surface area (Å²) < 4.78 is 18.5. The van der Waals surface area contributed by atoms with Gasteiger partial charge in [-0.2, -0.15) is 0 Å². The molecule has 0 bridgehead atoms. The molecular weight excluding hydrogens is 719 g/mol. The minimum absolute atomic E-state index is 0.289. The number of benzene rings is 9. The maximum absolute atomic E-state index is 7.03. The topological polar surface area (TPSA) is 28.3 Å². The van der Waals surface area contributed by atoms with E-state index in [0.717, 1.165) is 72.9 Å². The second-order valence-corrected chi connectivity index (χ2v) is 15.6. The zero-order chi connectivity index (χ0) is 38.6. The predicted octanol–water partition coefficient (Wildman–Crippen LogP) is 12.5. The molecular formula is C54H33BN2O2. The van der Waals surface area contributed by atoms with Crippen molar-refractivity contribution >= 4 is 61.5 Å². The van der Waals surface area contributed by atoms with E-state index in [2.05, 4.69) is 197 Å². The van der Waals surface area contributed by atoms with Crippen molar-refractivity contribution in [1.29, 1.82) is 0 Å². The van der Waals surface area contributed by atoms with E-state index < -0.39 is 0 Å². The van der Waals surface area contributed by atoms with Crippen molar-refractivity contribution < 1.29 is 9.39 Å². The maximum Gasteiger partial charge on any atom is 0.434 e. The van der Waals surface area contributed by atoms with Gasteiger partial charge in [0.2, 0.25) is 0 Å². The summed E-state index contributed by atoms with van der Waals surface area (Å²) in [6.45, 7) is -0.289. The lowest BCUT2D eigenvalue weighted by molar-refractivity contribution is 0.479. The molecule has 0 N–H and O–H groups in total. The van der Waals surface area contributed by atoms with Crippen molar-refractivity contribution in [3.05, 3.63) is 200 Å². The molecule has 274 valence electrons. The molecule has 2 aliphatic rings. The van der Waals surface area contributed by atoms with Gasteiger partial charge in [-0.3, -0.25) is 0 Å². The van der Waals surface area contributed by atoms with Crippen molar-refractivity contribution in [3.8, 4) is 62.0 Å². The van der Waals surface area contributed by atoms with Crippen LogP contribution in [0.2, 0.25) is 0 Å². The summed E-state index contributed by atoms with van der Waals surface area (Å²) in [6, 6.07) is 71.8. The molecule has 13 rings (SSSR count). The largest absolute Gasteiger partial charge is 0.551 e. The van der Waals surface area contributed by atoms with Crippen molar-refractivity contribution in [1.82, 2.24) is 9.13 Å². The number of para-hydroxylation sites is 5. The van der Waals surface area contributed by atoms with Crippen LogP contribution >= 0.6 is 0 Å². The molecule has 4 nitrogen and oxygen atoms in total. The maximum atomic E-state index is 7.03. The molecule has 2 aromatic heterocycles. The van der Waals surface area contributed by atoms with Crippen molar-refractivity contribution in [2.24, 2.45) is 0 Å². The van der Waals surface area contributed by atoms with Gasteiger partial charge >= 0.3 is 6.92 Å². The second kappa shape index (κ2) is 12.4. The van der Waals surface area contributed by atoms with Crippen LogP contribution in [0.1, 0.15) is 0 Å². The van der Waals surface area contributed by atoms with Gasteiger partial charge in [0.05, 0.1) is 22.1 Å². The molecule has 59 heavy (non-hydrogen) atoms. The fourth-order valence-electron chi connectivity index (χ4n) is 9.74. The molecule has 0 atom stereocenters. The molecule has 0 saturated heterocycles. The van der Waals surface area contributed by atoms with Crippen LogP contribution in [-0.2, 0) is 0 Å². The normalized spacial score (nSPS) is 12.6. The molecule has 11 aromatic rings. The van der Waals surface area contributed by atoms with Gasteiger partial charge in [0.25, 0.3) is 0 Å². The monoisotopic (exact) mass is 752 g/mol. The fraction of sp³-hybridized carbons (Fsp3) is 0. The second-order valence-electron chi connectivity index (χ2n) is 15.6. The van der Waals surface area contributed by atoms with Crippen molar-refractivity contribution in [2.45, 2.75) is 0 Å². The highest BCUT2D eigenvalue weighted by Gasteiger charge is 2.41. The smallest absolute Gasteiger partial charge is 0.434 e. The third-order valence-electron chi connectivity index (χ3n) is 12.4. The standard InChI is InChI=1S/C54H33BN2O2/c1-6-19-47-40(14-1)41-15-2-7-20-48(41)56(47)38-27-24-34(25-28-38)37-31-45-44-29-26-36(32-52(44)59-55-46-18-5-10-23-51(46)58-53(33-37)54(45)55)35-12-11-13-39(30-35)57-49-21-8-3-16-42(49)43-17-4-9-22-50(43)57/h1-33H. The molecule has 4 heterocycles. The zero-order valence-corrected chi connectivity index (χ0v) is 31.8. The Kier molecular flexibility index (Phi) is 6.78. The first kappa shape index (κ1) is 32.3. The van der Waals surface area contributed by atoms with Crippen LogP contribution < -0.4 is 20.3 Å². The quantitative estimate of drug-likeness (QED) is 0.168. The average molecular weight is 753 g/mol. The van der Waals surface area contributed by atoms with Crippen molar-refractivity contribution in [2.75, 3.05) is 0 Å². The molecule has 0 unspecified atom stereocenters. The molecule has 2 aliphatic heterocycles. The summed E-state index contributed by atoms with van der Waals surface area (Å²) >= 11 is 0. The van der Waals surface area contributed by atoms with E-state index in [4.69, 9.17) is 9.39 Å². The molecule has 0 saturated carbocycles. The lowest BCUT2D eigenvalue weighted by Crippen LogP contribution is -2.53. The predicted molar refractivity (Wildman–Crippen MR) is 244 cm³/mol. The minimum atomic E-state index is -0.289. The Morgan fingerprint density at radius 3 is 1.54 bits per heavy atom. The number of hydrogen-bond acceptors (Lipinski definition) is 2. The molecule has 0 amide bonds. The Balaban J connectivity index is 0.930. The van der Waals surface area contributed by atoms with E-state index in [9.17, 15) is 0 Å². The number of ether oxygens (including phenoxy) is 1. The first-order valence-corrected chi connectivity index (χ1v) is 20.2. The van der Waals surface area contributed by atoms with Gasteiger partial charge in [0, 0.05) is 49.4 Å². The molecule has 9 aromatic carbocycles. The first-order valence-electron chi connectivity index (χ1n) is 20.2. The van der Waals surface area contributed by atoms with E-state index in [1.54, 1.807) is 0 Å². The molecule has 0 fully saturated rings. The summed E-state index contributed by atoms with van der Waals surface area (Å²) in [7, 11) is 0. The number of aromatic nitrogens is 2. The Morgan fingerprint density at radius 2 is 0.881 bits per heavy atom. The van der Waals surface area contributed by atoms with Crippen LogP contribution in [0.15, 0.2) is 200 Å². The highest BCUT2D eigenvalue weighted by atomic mass is 16.5. The van der Waals surface area contributed by atoms with E-state index >= 15 is 0 Å². The van der Waals surface area contributed by atoms with E-state index in [-0.39, 0.29) is 6.92 Å². The van der Waals surface area contributed by atoms with Gasteiger partial charge in [-0.1, -0.05) is 127 Å². The zero-order valence-electron chi connectivity index (χ0n) is 31.8. The summed E-state index contributed by atoms with van der Waals surface area (Å²) in [5.74, 6) is 2.53. The Bertz CT molecular complexity index is 3420. The van der Waals surface area contributed by atoms with Crippen LogP contribution in [0.5, 0.6) is 17.2 Å². The van der Waals surface area contributed by atoms with Crippen LogP contribution in [0.4, 0.5) is 0 Å². The summed E-state index contributed by atoms with van der Waals surface area (Å²) in [6.07, 6.45) is 0. The van der Waals surface area contributed by atoms with Crippen molar-refractivity contribution in [3.63, 3.8) is 0 Å². The van der Waals surface area contributed by atoms with Gasteiger partial charge in [-0.25, -0.2) is 0 Å². The van der Waals surface area contributed by atoms with Gasteiger partial charge < -0.3 is 18.5 Å². The molecule has 0 radical (unpaired) electrons. The van der Waals surface area contributed by atoms with Crippen LogP contribution in [0.3, 0.4) is 0 Å². The summed E-state index contributed by atoms with van der Waals surface area (Å²) in [5.41, 5.74) is 15.8. The number of rotatable bonds is 4. The van der Waals surface area contributed by atoms with E-state index in [1.807, 2.05) is 12.1 Å². The molecule has 5 heteroatoms. The van der Waals surface area contributed by atoms with Gasteiger partial charge in [-0.05, 0) is 101 Å². The highest BCUT2D eigenvalue weighted by molar-refractivity contribution is 6.84. The van der Waals surface area contributed by atoms with E-state index in [0.29, 0.717) is 0 Å². The van der Waals surface area contributed by atoms with Gasteiger partial charge in [-0.15, -0.1) is 0 Å². The summed E-state index contributed by atoms with van der Waals surface area (Å²) in [4.78, 5) is 0. The third kappa shape index (κ3) is 4.79. The van der Waals surface area contributed by atoms with Gasteiger partial charge in [0.1, 0.15) is 17.2 Å². The van der Waals surface area contributed by atoms with Crippen LogP contribution in [-0.4, -0.2) is 16.0 Å². The van der Waals surface area contributed by atoms with E-state index in [1.165, 1.54) is 43.6 Å². The first-order chi connectivity index (χ1) is 29.2. The lowest BCUT2D eigenvalue weighted by Gasteiger charge is -2.33. The van der Waals surface area contributed by atoms with Crippen LogP contribution in [0, 0.1) is 0 Å². The molecule has 0 aliphatic carbocycles. The Labute approximate surface area is 340 Å². The Morgan fingerprint density at radius 1 is 0.339 bits per heavy atom. The Hall–Kier alpha value is -7.76. The third-order valence-corrected chi connectivity index (χ3v) is 12.4. The highest BCUT2D eigenvalue weighted by Crippen LogP contribution is 2.44. The number of hydrogen-bond donors (Lipinski definition) is 0. The minimum Gasteiger partial charge on any atom is -0.551 e. The number of fused-ring (bicyclic) bond motifs is 10. The SMILES string of the molecule is c1cc(-c2ccc3c(c2)OB2c4ccccc4Oc4cc(-c5ccc(-n6c7ccccc7c7ccccc76)cc5)cc-3c42)cc(-n2c3ccccc3c3ccccc32)c1. The fourth-order valence-corrected chi connectivity index (χ4v) is 9.74. The number of nitrogens with zero attached hydrogens (tertiary/aromatic N) is 2. The van der Waals surface area contributed by atoms with Gasteiger partial charge in [0.15, 0.2) is 0 Å². The lowest BCUT2D eigenvalue weighted by atomic mass is 9.50.